The van der Waals surface area contributed by atoms with E-state index >= 15 is 0 Å². The Morgan fingerprint density at radius 1 is 0.853 bits per heavy atom. The van der Waals surface area contributed by atoms with E-state index in [4.69, 9.17) is 14.2 Å². The number of nitrogens with zero attached hydrogens (tertiary/aromatic N) is 1. The number of fused-ring (bicyclic) bond motifs is 1. The number of hydrogen-bond acceptors (Lipinski definition) is 6. The number of carbonyl (C=O) groups excluding carboxylic acids is 1. The zero-order valence-electron chi connectivity index (χ0n) is 18.6. The molecule has 0 aliphatic rings. The third-order valence-electron chi connectivity index (χ3n) is 5.28. The molecule has 170 valence electrons. The van der Waals surface area contributed by atoms with E-state index in [0.717, 1.165) is 33.2 Å². The normalized spacial score (nSPS) is 10.9. The molecule has 0 spiro atoms. The van der Waals surface area contributed by atoms with Gasteiger partial charge in [0, 0.05) is 18.2 Å². The number of esters is 1. The van der Waals surface area contributed by atoms with Crippen LogP contribution < -0.4 is 14.2 Å². The summed E-state index contributed by atoms with van der Waals surface area (Å²) in [5.74, 6) is 1.05. The Labute approximate surface area is 196 Å². The van der Waals surface area contributed by atoms with Gasteiger partial charge >= 0.3 is 5.97 Å². The summed E-state index contributed by atoms with van der Waals surface area (Å²) in [6, 6.07) is 22.7. The molecule has 0 saturated heterocycles. The molecule has 0 amide bonds. The minimum Gasteiger partial charge on any atom is -0.497 e. The Kier molecular flexibility index (Phi) is 6.54. The zero-order chi connectivity index (χ0) is 24.1. The van der Waals surface area contributed by atoms with Crippen LogP contribution in [0.2, 0.25) is 0 Å². The third-order valence-corrected chi connectivity index (χ3v) is 5.28. The second-order valence-corrected chi connectivity index (χ2v) is 7.35. The van der Waals surface area contributed by atoms with Gasteiger partial charge in [0.2, 0.25) is 0 Å². The molecular weight excluding hydrogens is 434 g/mol. The maximum absolute atomic E-state index is 12.4. The maximum Gasteiger partial charge on any atom is 0.336 e. The number of ether oxygens (including phenoxy) is 3. The van der Waals surface area contributed by atoms with E-state index < -0.39 is 10.9 Å². The van der Waals surface area contributed by atoms with Crippen LogP contribution in [0.4, 0.5) is 5.69 Å². The van der Waals surface area contributed by atoms with E-state index in [1.54, 1.807) is 20.3 Å². The van der Waals surface area contributed by atoms with Crippen LogP contribution in [-0.2, 0) is 4.79 Å². The number of methoxy groups -OCH3 is 2. The second-order valence-electron chi connectivity index (χ2n) is 7.35. The molecule has 4 aromatic carbocycles. The Hall–Kier alpha value is -4.65. The van der Waals surface area contributed by atoms with Crippen molar-refractivity contribution >= 4 is 28.5 Å². The van der Waals surface area contributed by atoms with Gasteiger partial charge in [0.1, 0.15) is 17.2 Å². The first-order valence-corrected chi connectivity index (χ1v) is 10.4. The Balaban J connectivity index is 1.71. The van der Waals surface area contributed by atoms with Gasteiger partial charge in [-0.1, -0.05) is 30.3 Å². The van der Waals surface area contributed by atoms with E-state index in [-0.39, 0.29) is 11.4 Å². The van der Waals surface area contributed by atoms with Gasteiger partial charge in [-0.25, -0.2) is 4.79 Å². The van der Waals surface area contributed by atoms with Crippen LogP contribution in [0, 0.1) is 10.1 Å². The first kappa shape index (κ1) is 22.5. The summed E-state index contributed by atoms with van der Waals surface area (Å²) < 4.78 is 16.1. The average Bonchev–Trinajstić information content (AvgIpc) is 2.87. The molecule has 0 bridgehead atoms. The quantitative estimate of drug-likeness (QED) is 0.111. The van der Waals surface area contributed by atoms with Crippen molar-refractivity contribution < 1.29 is 23.9 Å². The van der Waals surface area contributed by atoms with E-state index in [1.165, 1.54) is 30.3 Å². The van der Waals surface area contributed by atoms with E-state index in [2.05, 4.69) is 0 Å². The summed E-state index contributed by atoms with van der Waals surface area (Å²) in [4.78, 5) is 22.7. The van der Waals surface area contributed by atoms with Gasteiger partial charge in [-0.05, 0) is 69.9 Å². The average molecular weight is 455 g/mol. The van der Waals surface area contributed by atoms with E-state index in [1.807, 2.05) is 54.6 Å². The molecular formula is C27H21NO6. The van der Waals surface area contributed by atoms with Crippen molar-refractivity contribution in [3.05, 3.63) is 101 Å². The molecule has 4 aromatic rings. The summed E-state index contributed by atoms with van der Waals surface area (Å²) in [5, 5.41) is 12.8. The molecule has 7 heteroatoms. The summed E-state index contributed by atoms with van der Waals surface area (Å²) >= 11 is 0. The van der Waals surface area contributed by atoms with Gasteiger partial charge in [0.05, 0.1) is 19.1 Å². The van der Waals surface area contributed by atoms with Crippen molar-refractivity contribution in [2.24, 2.45) is 0 Å². The number of rotatable bonds is 7. The lowest BCUT2D eigenvalue weighted by molar-refractivity contribution is -0.384. The van der Waals surface area contributed by atoms with E-state index in [0.29, 0.717) is 5.75 Å². The van der Waals surface area contributed by atoms with Gasteiger partial charge in [-0.15, -0.1) is 0 Å². The molecule has 7 nitrogen and oxygen atoms in total. The highest BCUT2D eigenvalue weighted by atomic mass is 16.6. The summed E-state index contributed by atoms with van der Waals surface area (Å²) in [5.41, 5.74) is 2.55. The fraction of sp³-hybridized carbons (Fsp3) is 0.0741. The van der Waals surface area contributed by atoms with Gasteiger partial charge < -0.3 is 14.2 Å². The van der Waals surface area contributed by atoms with Crippen molar-refractivity contribution in [1.82, 2.24) is 0 Å². The molecule has 0 radical (unpaired) electrons. The SMILES string of the molecule is COc1cccc(-c2c(/C=C/C(=O)Oc3ccc([N+](=O)[O-])cc3)ccc3ccc(OC)cc23)c1. The number of nitro groups is 1. The van der Waals surface area contributed by atoms with Crippen LogP contribution in [0.1, 0.15) is 5.56 Å². The molecule has 0 aromatic heterocycles. The topological polar surface area (TPSA) is 87.9 Å². The maximum atomic E-state index is 12.4. The van der Waals surface area contributed by atoms with Crippen molar-refractivity contribution in [3.8, 4) is 28.4 Å². The number of benzene rings is 4. The van der Waals surface area contributed by atoms with Crippen LogP contribution in [-0.4, -0.2) is 25.1 Å². The molecule has 0 N–H and O–H groups in total. The summed E-state index contributed by atoms with van der Waals surface area (Å²) in [7, 11) is 3.23. The van der Waals surface area contributed by atoms with Crippen LogP contribution in [0.3, 0.4) is 0 Å². The molecule has 0 heterocycles. The predicted molar refractivity (Wildman–Crippen MR) is 130 cm³/mol. The van der Waals surface area contributed by atoms with Crippen molar-refractivity contribution in [2.75, 3.05) is 14.2 Å². The standard InChI is InChI=1S/C27H21NO6/c1-32-23-5-3-4-20(16-23)27-19(7-6-18-8-12-24(33-2)17-25(18)27)9-15-26(29)34-22-13-10-21(11-14-22)28(30)31/h3-17H,1-2H3/b15-9+. The van der Waals surface area contributed by atoms with Gasteiger partial charge in [0.25, 0.3) is 5.69 Å². The Morgan fingerprint density at radius 2 is 1.53 bits per heavy atom. The predicted octanol–water partition coefficient (Wildman–Crippen LogP) is 6.05. The number of hydrogen-bond donors (Lipinski definition) is 0. The fourth-order valence-electron chi connectivity index (χ4n) is 3.63. The highest BCUT2D eigenvalue weighted by molar-refractivity contribution is 6.02. The number of carbonyl (C=O) groups is 1. The van der Waals surface area contributed by atoms with Crippen molar-refractivity contribution in [2.45, 2.75) is 0 Å². The number of nitro benzene ring substituents is 1. The van der Waals surface area contributed by atoms with Gasteiger partial charge in [0.15, 0.2) is 0 Å². The molecule has 4 rings (SSSR count). The highest BCUT2D eigenvalue weighted by Crippen LogP contribution is 2.36. The Morgan fingerprint density at radius 3 is 2.24 bits per heavy atom. The lowest BCUT2D eigenvalue weighted by Crippen LogP contribution is -2.03. The largest absolute Gasteiger partial charge is 0.497 e. The second kappa shape index (κ2) is 9.87. The van der Waals surface area contributed by atoms with E-state index in [9.17, 15) is 14.9 Å². The molecule has 0 saturated carbocycles. The molecule has 0 aliphatic carbocycles. The number of non-ortho nitro benzene ring substituents is 1. The smallest absolute Gasteiger partial charge is 0.336 e. The van der Waals surface area contributed by atoms with Crippen LogP contribution in [0.15, 0.2) is 84.9 Å². The zero-order valence-corrected chi connectivity index (χ0v) is 18.6. The first-order chi connectivity index (χ1) is 16.5. The van der Waals surface area contributed by atoms with Crippen molar-refractivity contribution in [1.29, 1.82) is 0 Å². The van der Waals surface area contributed by atoms with Crippen LogP contribution in [0.25, 0.3) is 28.0 Å². The molecule has 0 atom stereocenters. The van der Waals surface area contributed by atoms with Crippen molar-refractivity contribution in [3.63, 3.8) is 0 Å². The molecule has 0 unspecified atom stereocenters. The third kappa shape index (κ3) is 4.88. The van der Waals surface area contributed by atoms with Gasteiger partial charge in [-0.3, -0.25) is 10.1 Å². The summed E-state index contributed by atoms with van der Waals surface area (Å²) in [6.07, 6.45) is 3.01. The lowest BCUT2D eigenvalue weighted by Gasteiger charge is -2.13. The van der Waals surface area contributed by atoms with Crippen LogP contribution in [0.5, 0.6) is 17.2 Å². The minimum absolute atomic E-state index is 0.0788. The fourth-order valence-corrected chi connectivity index (χ4v) is 3.63. The van der Waals surface area contributed by atoms with Crippen LogP contribution >= 0.6 is 0 Å². The molecule has 0 fully saturated rings. The Bertz CT molecular complexity index is 1390. The monoisotopic (exact) mass is 455 g/mol. The van der Waals surface area contributed by atoms with Gasteiger partial charge in [-0.2, -0.15) is 0 Å². The lowest BCUT2D eigenvalue weighted by atomic mass is 9.92. The molecule has 34 heavy (non-hydrogen) atoms. The summed E-state index contributed by atoms with van der Waals surface area (Å²) in [6.45, 7) is 0. The first-order valence-electron chi connectivity index (χ1n) is 10.4. The highest BCUT2D eigenvalue weighted by Gasteiger charge is 2.12. The minimum atomic E-state index is -0.601. The molecule has 0 aliphatic heterocycles.